The number of nitrogens with one attached hydrogen (secondary N) is 2. The van der Waals surface area contributed by atoms with Gasteiger partial charge in [-0.05, 0) is 32.8 Å². The van der Waals surface area contributed by atoms with E-state index in [0.29, 0.717) is 59.8 Å². The maximum absolute atomic E-state index is 13.4. The van der Waals surface area contributed by atoms with E-state index in [0.717, 1.165) is 19.3 Å². The Labute approximate surface area is 183 Å². The van der Waals surface area contributed by atoms with Crippen LogP contribution in [0.25, 0.3) is 10.9 Å². The largest absolute Gasteiger partial charge is 0.496 e. The third kappa shape index (κ3) is 4.16. The zero-order valence-corrected chi connectivity index (χ0v) is 19.1. The van der Waals surface area contributed by atoms with Gasteiger partial charge in [0.05, 0.1) is 26.8 Å². The Kier molecular flexibility index (Phi) is 6.97. The Morgan fingerprint density at radius 3 is 2.19 bits per heavy atom. The first-order chi connectivity index (χ1) is 14.9. The molecule has 0 bridgehead atoms. The number of hydrogen-bond donors (Lipinski definition) is 2. The number of likely N-dealkylation sites (N-methyl/N-ethyl adjacent to an activating group) is 1. The molecular weight excluding hydrogens is 398 g/mol. The molecule has 0 spiro atoms. The summed E-state index contributed by atoms with van der Waals surface area (Å²) < 4.78 is 16.4. The van der Waals surface area contributed by atoms with E-state index in [-0.39, 0.29) is 11.8 Å². The Morgan fingerprint density at radius 2 is 1.65 bits per heavy atom. The van der Waals surface area contributed by atoms with Crippen molar-refractivity contribution in [2.45, 2.75) is 51.5 Å². The monoisotopic (exact) mass is 431 g/mol. The molecule has 0 saturated heterocycles. The number of methoxy groups -OCH3 is 3. The van der Waals surface area contributed by atoms with Crippen LogP contribution in [0, 0.1) is 0 Å². The van der Waals surface area contributed by atoms with E-state index in [4.69, 9.17) is 14.2 Å². The molecule has 8 nitrogen and oxygen atoms in total. The van der Waals surface area contributed by atoms with Crippen molar-refractivity contribution in [3.05, 3.63) is 17.8 Å². The molecule has 0 aliphatic heterocycles. The fraction of sp³-hybridized carbons (Fsp3) is 0.565. The number of aromatic amines is 1. The van der Waals surface area contributed by atoms with Crippen molar-refractivity contribution in [1.29, 1.82) is 0 Å². The quantitative estimate of drug-likeness (QED) is 0.667. The predicted molar refractivity (Wildman–Crippen MR) is 119 cm³/mol. The van der Waals surface area contributed by atoms with Crippen molar-refractivity contribution in [1.82, 2.24) is 15.2 Å². The SMILES string of the molecule is CCN(CC)C(=O)C1(NC(=O)c2cc3c(OC)cc(OC)c(OC)c3[nH]2)CCCCC1. The number of carbonyl (C=O) groups is 2. The molecule has 31 heavy (non-hydrogen) atoms. The highest BCUT2D eigenvalue weighted by Crippen LogP contribution is 2.41. The summed E-state index contributed by atoms with van der Waals surface area (Å²) in [4.78, 5) is 31.6. The van der Waals surface area contributed by atoms with Gasteiger partial charge < -0.3 is 29.4 Å². The molecule has 2 N–H and O–H groups in total. The third-order valence-corrected chi connectivity index (χ3v) is 6.20. The molecule has 1 aromatic heterocycles. The Bertz CT molecular complexity index is 942. The van der Waals surface area contributed by atoms with Crippen LogP contribution in [0.5, 0.6) is 17.2 Å². The van der Waals surface area contributed by atoms with Crippen molar-refractivity contribution in [2.24, 2.45) is 0 Å². The summed E-state index contributed by atoms with van der Waals surface area (Å²) in [7, 11) is 4.66. The van der Waals surface area contributed by atoms with Crippen molar-refractivity contribution >= 4 is 22.7 Å². The lowest BCUT2D eigenvalue weighted by Gasteiger charge is -2.39. The van der Waals surface area contributed by atoms with Crippen LogP contribution in [0.2, 0.25) is 0 Å². The van der Waals surface area contributed by atoms with E-state index in [1.807, 2.05) is 13.8 Å². The van der Waals surface area contributed by atoms with Gasteiger partial charge in [0.15, 0.2) is 11.5 Å². The summed E-state index contributed by atoms with van der Waals surface area (Å²) in [6.07, 6.45) is 4.20. The van der Waals surface area contributed by atoms with Gasteiger partial charge in [-0.1, -0.05) is 19.3 Å². The molecule has 1 aromatic carbocycles. The van der Waals surface area contributed by atoms with Crippen LogP contribution in [0.15, 0.2) is 12.1 Å². The van der Waals surface area contributed by atoms with Crippen LogP contribution >= 0.6 is 0 Å². The van der Waals surface area contributed by atoms with E-state index in [1.165, 1.54) is 0 Å². The highest BCUT2D eigenvalue weighted by molar-refractivity contribution is 6.04. The molecule has 0 atom stereocenters. The Morgan fingerprint density at radius 1 is 1.00 bits per heavy atom. The fourth-order valence-corrected chi connectivity index (χ4v) is 4.50. The molecule has 2 amide bonds. The van der Waals surface area contributed by atoms with Gasteiger partial charge >= 0.3 is 0 Å². The lowest BCUT2D eigenvalue weighted by molar-refractivity contribution is -0.139. The highest BCUT2D eigenvalue weighted by Gasteiger charge is 2.43. The molecule has 170 valence electrons. The standard InChI is InChI=1S/C23H33N3O5/c1-6-26(7-2)22(28)23(11-9-8-10-12-23)25-21(27)16-13-15-17(29-3)14-18(30-4)20(31-5)19(15)24-16/h13-14,24H,6-12H2,1-5H3,(H,25,27). The Balaban J connectivity index is 2.00. The topological polar surface area (TPSA) is 92.9 Å². The fourth-order valence-electron chi connectivity index (χ4n) is 4.50. The molecule has 1 fully saturated rings. The number of carbonyl (C=O) groups excluding carboxylic acids is 2. The zero-order valence-electron chi connectivity index (χ0n) is 19.1. The minimum absolute atomic E-state index is 0.00140. The number of benzene rings is 1. The second kappa shape index (κ2) is 9.49. The number of amides is 2. The molecular formula is C23H33N3O5. The van der Waals surface area contributed by atoms with E-state index < -0.39 is 5.54 Å². The summed E-state index contributed by atoms with van der Waals surface area (Å²) >= 11 is 0. The highest BCUT2D eigenvalue weighted by atomic mass is 16.5. The number of aromatic nitrogens is 1. The van der Waals surface area contributed by atoms with Crippen molar-refractivity contribution < 1.29 is 23.8 Å². The smallest absolute Gasteiger partial charge is 0.268 e. The van der Waals surface area contributed by atoms with E-state index in [1.54, 1.807) is 38.4 Å². The van der Waals surface area contributed by atoms with Crippen molar-refractivity contribution in [2.75, 3.05) is 34.4 Å². The summed E-state index contributed by atoms with van der Waals surface area (Å²) in [6.45, 7) is 5.16. The van der Waals surface area contributed by atoms with Crippen LogP contribution in [-0.2, 0) is 4.79 Å². The van der Waals surface area contributed by atoms with Crippen molar-refractivity contribution in [3.8, 4) is 17.2 Å². The summed E-state index contributed by atoms with van der Waals surface area (Å²) in [5.74, 6) is 1.24. The molecule has 3 rings (SSSR count). The second-order valence-corrected chi connectivity index (χ2v) is 7.86. The number of H-pyrrole nitrogens is 1. The lowest BCUT2D eigenvalue weighted by atomic mass is 9.80. The first-order valence-corrected chi connectivity index (χ1v) is 10.9. The summed E-state index contributed by atoms with van der Waals surface area (Å²) in [5, 5.41) is 3.79. The van der Waals surface area contributed by atoms with Gasteiger partial charge in [-0.15, -0.1) is 0 Å². The van der Waals surface area contributed by atoms with Crippen LogP contribution in [0.4, 0.5) is 0 Å². The van der Waals surface area contributed by atoms with E-state index in [2.05, 4.69) is 10.3 Å². The van der Waals surface area contributed by atoms with Crippen LogP contribution in [-0.4, -0.2) is 61.7 Å². The van der Waals surface area contributed by atoms with Crippen LogP contribution < -0.4 is 19.5 Å². The van der Waals surface area contributed by atoms with Crippen LogP contribution in [0.3, 0.4) is 0 Å². The minimum Gasteiger partial charge on any atom is -0.496 e. The molecule has 8 heteroatoms. The number of hydrogen-bond acceptors (Lipinski definition) is 5. The molecule has 0 radical (unpaired) electrons. The maximum atomic E-state index is 13.4. The summed E-state index contributed by atoms with van der Waals surface area (Å²) in [6, 6.07) is 3.45. The molecule has 0 unspecified atom stereocenters. The van der Waals surface area contributed by atoms with E-state index >= 15 is 0 Å². The van der Waals surface area contributed by atoms with Gasteiger partial charge in [-0.25, -0.2) is 0 Å². The van der Waals surface area contributed by atoms with Crippen molar-refractivity contribution in [3.63, 3.8) is 0 Å². The summed E-state index contributed by atoms with van der Waals surface area (Å²) in [5.41, 5.74) is 0.0820. The van der Waals surface area contributed by atoms with Gasteiger partial charge in [0.2, 0.25) is 5.91 Å². The molecule has 2 aromatic rings. The second-order valence-electron chi connectivity index (χ2n) is 7.86. The normalized spacial score (nSPS) is 15.4. The number of nitrogens with zero attached hydrogens (tertiary/aromatic N) is 1. The molecule has 1 aliphatic carbocycles. The third-order valence-electron chi connectivity index (χ3n) is 6.20. The molecule has 1 saturated carbocycles. The molecule has 1 heterocycles. The van der Waals surface area contributed by atoms with Gasteiger partial charge in [-0.2, -0.15) is 0 Å². The number of fused-ring (bicyclic) bond motifs is 1. The maximum Gasteiger partial charge on any atom is 0.268 e. The lowest BCUT2D eigenvalue weighted by Crippen LogP contribution is -2.60. The first-order valence-electron chi connectivity index (χ1n) is 10.9. The van der Waals surface area contributed by atoms with Crippen LogP contribution in [0.1, 0.15) is 56.4 Å². The minimum atomic E-state index is -0.871. The Hall–Kier alpha value is -2.90. The van der Waals surface area contributed by atoms with Gasteiger partial charge in [0.25, 0.3) is 5.91 Å². The first kappa shape index (κ1) is 22.8. The van der Waals surface area contributed by atoms with Gasteiger partial charge in [0.1, 0.15) is 17.0 Å². The van der Waals surface area contributed by atoms with Gasteiger partial charge in [-0.3, -0.25) is 9.59 Å². The predicted octanol–water partition coefficient (Wildman–Crippen LogP) is 3.49. The van der Waals surface area contributed by atoms with E-state index in [9.17, 15) is 9.59 Å². The molecule has 1 aliphatic rings. The number of rotatable bonds is 8. The zero-order chi connectivity index (χ0) is 22.6. The number of ether oxygens (including phenoxy) is 3. The average Bonchev–Trinajstić information content (AvgIpc) is 3.24. The average molecular weight is 432 g/mol. The van der Waals surface area contributed by atoms with Gasteiger partial charge in [0, 0.05) is 24.5 Å².